The SMILES string of the molecule is COc1ccc(CCN2C(=O)/C(=C/c3cccc(F)c3)SC2=S)cc1OC. The van der Waals surface area contributed by atoms with Crippen molar-refractivity contribution >= 4 is 40.3 Å². The van der Waals surface area contributed by atoms with Gasteiger partial charge < -0.3 is 9.47 Å². The van der Waals surface area contributed by atoms with Crippen LogP contribution in [0.25, 0.3) is 6.08 Å². The van der Waals surface area contributed by atoms with Gasteiger partial charge >= 0.3 is 0 Å². The summed E-state index contributed by atoms with van der Waals surface area (Å²) in [7, 11) is 3.17. The van der Waals surface area contributed by atoms with Gasteiger partial charge in [0.1, 0.15) is 10.1 Å². The smallest absolute Gasteiger partial charge is 0.266 e. The van der Waals surface area contributed by atoms with Crippen LogP contribution in [-0.2, 0) is 11.2 Å². The molecule has 1 aliphatic heterocycles. The third-order valence-corrected chi connectivity index (χ3v) is 5.47. The second-order valence-electron chi connectivity index (χ2n) is 5.83. The standard InChI is InChI=1S/C20H18FNO3S2/c1-24-16-7-6-13(11-17(16)25-2)8-9-22-19(23)18(27-20(22)26)12-14-4-3-5-15(21)10-14/h3-7,10-12H,8-9H2,1-2H3/b18-12-. The summed E-state index contributed by atoms with van der Waals surface area (Å²) in [5.74, 6) is 0.804. The number of benzene rings is 2. The summed E-state index contributed by atoms with van der Waals surface area (Å²) >= 11 is 6.58. The summed E-state index contributed by atoms with van der Waals surface area (Å²) in [6.07, 6.45) is 2.29. The molecule has 0 saturated carbocycles. The van der Waals surface area contributed by atoms with E-state index in [4.69, 9.17) is 21.7 Å². The fraction of sp³-hybridized carbons (Fsp3) is 0.200. The molecule has 27 heavy (non-hydrogen) atoms. The minimum absolute atomic E-state index is 0.158. The highest BCUT2D eigenvalue weighted by Gasteiger charge is 2.31. The average molecular weight is 404 g/mol. The third-order valence-electron chi connectivity index (χ3n) is 4.09. The van der Waals surface area contributed by atoms with E-state index in [1.807, 2.05) is 18.2 Å². The number of hydrogen-bond acceptors (Lipinski definition) is 5. The lowest BCUT2D eigenvalue weighted by molar-refractivity contribution is -0.122. The largest absolute Gasteiger partial charge is 0.493 e. The van der Waals surface area contributed by atoms with E-state index in [9.17, 15) is 9.18 Å². The van der Waals surface area contributed by atoms with Gasteiger partial charge in [-0.15, -0.1) is 0 Å². The summed E-state index contributed by atoms with van der Waals surface area (Å²) in [5, 5.41) is 0. The lowest BCUT2D eigenvalue weighted by Gasteiger charge is -2.15. The van der Waals surface area contributed by atoms with Crippen molar-refractivity contribution in [3.8, 4) is 11.5 Å². The predicted octanol–water partition coefficient (Wildman–Crippen LogP) is 4.29. The van der Waals surface area contributed by atoms with E-state index in [1.165, 1.54) is 23.9 Å². The second kappa shape index (κ2) is 8.54. The van der Waals surface area contributed by atoms with Crippen LogP contribution in [0.2, 0.25) is 0 Å². The number of rotatable bonds is 6. The predicted molar refractivity (Wildman–Crippen MR) is 110 cm³/mol. The highest BCUT2D eigenvalue weighted by Crippen LogP contribution is 2.33. The number of thioether (sulfide) groups is 1. The van der Waals surface area contributed by atoms with E-state index in [0.29, 0.717) is 39.3 Å². The molecule has 0 spiro atoms. The molecule has 4 nitrogen and oxygen atoms in total. The quantitative estimate of drug-likeness (QED) is 0.532. The molecule has 0 bridgehead atoms. The van der Waals surface area contributed by atoms with Gasteiger partial charge in [-0.3, -0.25) is 9.69 Å². The summed E-state index contributed by atoms with van der Waals surface area (Å²) in [6, 6.07) is 11.8. The lowest BCUT2D eigenvalue weighted by Crippen LogP contribution is -2.30. The van der Waals surface area contributed by atoms with E-state index < -0.39 is 0 Å². The Morgan fingerprint density at radius 1 is 1.15 bits per heavy atom. The molecule has 0 aromatic heterocycles. The van der Waals surface area contributed by atoms with Crippen LogP contribution in [0.1, 0.15) is 11.1 Å². The monoisotopic (exact) mass is 403 g/mol. The normalized spacial score (nSPS) is 15.5. The summed E-state index contributed by atoms with van der Waals surface area (Å²) in [4.78, 5) is 14.7. The molecule has 2 aromatic carbocycles. The van der Waals surface area contributed by atoms with E-state index in [2.05, 4.69) is 0 Å². The number of halogens is 1. The topological polar surface area (TPSA) is 38.8 Å². The zero-order valence-electron chi connectivity index (χ0n) is 14.9. The fourth-order valence-corrected chi connectivity index (χ4v) is 4.03. The Balaban J connectivity index is 1.71. The Kier molecular flexibility index (Phi) is 6.13. The molecule has 2 aromatic rings. The first kappa shape index (κ1) is 19.4. The molecule has 0 aliphatic carbocycles. The van der Waals surface area contributed by atoms with Crippen LogP contribution in [0.3, 0.4) is 0 Å². The van der Waals surface area contributed by atoms with Crippen molar-refractivity contribution in [3.05, 3.63) is 64.3 Å². The third kappa shape index (κ3) is 4.48. The van der Waals surface area contributed by atoms with Crippen LogP contribution in [0.15, 0.2) is 47.4 Å². The zero-order valence-corrected chi connectivity index (χ0v) is 16.5. The number of ether oxygens (including phenoxy) is 2. The highest BCUT2D eigenvalue weighted by atomic mass is 32.2. The lowest BCUT2D eigenvalue weighted by atomic mass is 10.1. The number of amides is 1. The number of carbonyl (C=O) groups excluding carboxylic acids is 1. The number of nitrogens with zero attached hydrogens (tertiary/aromatic N) is 1. The minimum Gasteiger partial charge on any atom is -0.493 e. The molecule has 3 rings (SSSR count). The average Bonchev–Trinajstić information content (AvgIpc) is 2.92. The van der Waals surface area contributed by atoms with Crippen molar-refractivity contribution in [1.82, 2.24) is 4.90 Å². The van der Waals surface area contributed by atoms with Crippen LogP contribution >= 0.6 is 24.0 Å². The van der Waals surface area contributed by atoms with Crippen molar-refractivity contribution in [2.75, 3.05) is 20.8 Å². The van der Waals surface area contributed by atoms with Gasteiger partial charge in [0.15, 0.2) is 11.5 Å². The second-order valence-corrected chi connectivity index (χ2v) is 7.50. The Morgan fingerprint density at radius 2 is 1.93 bits per heavy atom. The number of methoxy groups -OCH3 is 2. The van der Waals surface area contributed by atoms with Gasteiger partial charge in [-0.25, -0.2) is 4.39 Å². The molecule has 140 valence electrons. The van der Waals surface area contributed by atoms with Gasteiger partial charge in [0.2, 0.25) is 0 Å². The first-order chi connectivity index (χ1) is 13.0. The molecular weight excluding hydrogens is 385 g/mol. The van der Waals surface area contributed by atoms with Gasteiger partial charge in [-0.1, -0.05) is 42.2 Å². The molecule has 0 unspecified atom stereocenters. The molecule has 0 N–H and O–H groups in total. The van der Waals surface area contributed by atoms with Crippen molar-refractivity contribution in [1.29, 1.82) is 0 Å². The van der Waals surface area contributed by atoms with Gasteiger partial charge in [-0.05, 0) is 47.9 Å². The molecule has 1 heterocycles. The van der Waals surface area contributed by atoms with E-state index >= 15 is 0 Å². The number of carbonyl (C=O) groups is 1. The minimum atomic E-state index is -0.340. The maximum Gasteiger partial charge on any atom is 0.266 e. The molecule has 1 fully saturated rings. The number of hydrogen-bond donors (Lipinski definition) is 0. The van der Waals surface area contributed by atoms with Gasteiger partial charge in [0, 0.05) is 6.54 Å². The van der Waals surface area contributed by atoms with Crippen LogP contribution < -0.4 is 9.47 Å². The van der Waals surface area contributed by atoms with Gasteiger partial charge in [0.25, 0.3) is 5.91 Å². The van der Waals surface area contributed by atoms with Crippen molar-refractivity contribution in [3.63, 3.8) is 0 Å². The maximum atomic E-state index is 13.3. The summed E-state index contributed by atoms with van der Waals surface area (Å²) < 4.78 is 24.4. The Hall–Kier alpha value is -2.38. The molecule has 0 atom stereocenters. The Morgan fingerprint density at radius 3 is 2.63 bits per heavy atom. The first-order valence-corrected chi connectivity index (χ1v) is 9.46. The number of thiocarbonyl (C=S) groups is 1. The van der Waals surface area contributed by atoms with Gasteiger partial charge in [-0.2, -0.15) is 0 Å². The van der Waals surface area contributed by atoms with Gasteiger partial charge in [0.05, 0.1) is 19.1 Å². The van der Waals surface area contributed by atoms with E-state index in [-0.39, 0.29) is 11.7 Å². The van der Waals surface area contributed by atoms with E-state index in [1.54, 1.807) is 37.3 Å². The summed E-state index contributed by atoms with van der Waals surface area (Å²) in [5.41, 5.74) is 1.64. The van der Waals surface area contributed by atoms with Crippen molar-refractivity contribution in [2.45, 2.75) is 6.42 Å². The van der Waals surface area contributed by atoms with Crippen LogP contribution in [0, 0.1) is 5.82 Å². The van der Waals surface area contributed by atoms with Crippen LogP contribution in [0.4, 0.5) is 4.39 Å². The fourth-order valence-electron chi connectivity index (χ4n) is 2.72. The Bertz CT molecular complexity index is 914. The molecule has 0 radical (unpaired) electrons. The summed E-state index contributed by atoms with van der Waals surface area (Å²) in [6.45, 7) is 0.459. The Labute approximate surface area is 167 Å². The molecular formula is C20H18FNO3S2. The molecule has 1 amide bonds. The van der Waals surface area contributed by atoms with Crippen LogP contribution in [0.5, 0.6) is 11.5 Å². The zero-order chi connectivity index (χ0) is 19.4. The molecule has 1 saturated heterocycles. The van der Waals surface area contributed by atoms with Crippen LogP contribution in [-0.4, -0.2) is 35.9 Å². The first-order valence-electron chi connectivity index (χ1n) is 8.23. The van der Waals surface area contributed by atoms with Crippen molar-refractivity contribution < 1.29 is 18.7 Å². The highest BCUT2D eigenvalue weighted by molar-refractivity contribution is 8.26. The molecule has 7 heteroatoms. The maximum absolute atomic E-state index is 13.3. The molecule has 1 aliphatic rings. The van der Waals surface area contributed by atoms with E-state index in [0.717, 1.165) is 5.56 Å². The van der Waals surface area contributed by atoms with Crippen molar-refractivity contribution in [2.24, 2.45) is 0 Å².